The molecule has 0 heteroatoms. The third-order valence-electron chi connectivity index (χ3n) is 6.24. The molecule has 0 aliphatic rings. The molecule has 0 saturated carbocycles. The Balaban J connectivity index is 4.60. The van der Waals surface area contributed by atoms with Gasteiger partial charge in [0.1, 0.15) is 0 Å². The van der Waals surface area contributed by atoms with Crippen LogP contribution in [-0.2, 0) is 0 Å². The molecule has 0 aliphatic carbocycles. The largest absolute Gasteiger partial charge is 0.0856 e. The number of hydrogen-bond donors (Lipinski definition) is 0. The van der Waals surface area contributed by atoms with Gasteiger partial charge < -0.3 is 0 Å². The molecule has 0 atom stereocenters. The molecule has 0 aromatic heterocycles. The van der Waals surface area contributed by atoms with Gasteiger partial charge in [-0.15, -0.1) is 0 Å². The van der Waals surface area contributed by atoms with Crippen LogP contribution in [0.25, 0.3) is 0 Å². The Morgan fingerprint density at radius 2 is 0.675 bits per heavy atom. The van der Waals surface area contributed by atoms with Gasteiger partial charge in [-0.05, 0) is 108 Å². The Morgan fingerprint density at radius 1 is 0.350 bits per heavy atom. The van der Waals surface area contributed by atoms with Crippen LogP contribution in [0.5, 0.6) is 0 Å². The lowest BCUT2D eigenvalue weighted by molar-refractivity contribution is 0.918. The third-order valence-corrected chi connectivity index (χ3v) is 6.24. The van der Waals surface area contributed by atoms with Crippen LogP contribution in [0.4, 0.5) is 0 Å². The van der Waals surface area contributed by atoms with Crippen LogP contribution in [0.15, 0.2) is 142 Å². The van der Waals surface area contributed by atoms with Gasteiger partial charge in [0, 0.05) is 0 Å². The molecule has 0 saturated heterocycles. The van der Waals surface area contributed by atoms with E-state index >= 15 is 0 Å². The van der Waals surface area contributed by atoms with Crippen molar-refractivity contribution in [3.8, 4) is 0 Å². The van der Waals surface area contributed by atoms with E-state index in [4.69, 9.17) is 0 Å². The molecule has 0 aromatic carbocycles. The maximum Gasteiger partial charge on any atom is -0.0285 e. The summed E-state index contributed by atoms with van der Waals surface area (Å²) in [5.74, 6) is 0. The molecule has 40 heavy (non-hydrogen) atoms. The summed E-state index contributed by atoms with van der Waals surface area (Å²) in [6.45, 7) is 21.7. The summed E-state index contributed by atoms with van der Waals surface area (Å²) in [7, 11) is 0. The van der Waals surface area contributed by atoms with Crippen LogP contribution in [0, 0.1) is 0 Å². The van der Waals surface area contributed by atoms with Crippen LogP contribution in [0.2, 0.25) is 0 Å². The van der Waals surface area contributed by atoms with Crippen molar-refractivity contribution in [1.82, 2.24) is 0 Å². The third kappa shape index (κ3) is 25.2. The Kier molecular flexibility index (Phi) is 21.9. The molecule has 0 aromatic rings. The Hall–Kier alpha value is -3.12. The van der Waals surface area contributed by atoms with Crippen molar-refractivity contribution in [3.05, 3.63) is 142 Å². The van der Waals surface area contributed by atoms with Crippen molar-refractivity contribution in [2.45, 2.75) is 108 Å². The van der Waals surface area contributed by atoms with Gasteiger partial charge in [-0.1, -0.05) is 142 Å². The second-order valence-electron chi connectivity index (χ2n) is 11.4. The molecule has 0 fully saturated rings. The standard InChI is InChI=1S/C40H58/c1-33(2)19-13-23-37(7)27-17-31-39(9)29-15-25-35(5)21-11-12-22-36(6)26-16-30-40(10)32-18-28-38(8)24-14-20-34(3)4/h11-12,15-17,19-22,25-31H,13-14,18,23-24,32H2,1-10H3/b12-11+,25-15+,26-16+,31-17+,35-21-,36-22+,37-27+,38-28+,39-29+,40-30+. The molecule has 0 amide bonds. The fourth-order valence-corrected chi connectivity index (χ4v) is 3.65. The predicted molar refractivity (Wildman–Crippen MR) is 186 cm³/mol. The molecule has 0 N–H and O–H groups in total. The molecule has 0 nitrogen and oxygen atoms in total. The van der Waals surface area contributed by atoms with Crippen molar-refractivity contribution >= 4 is 0 Å². The summed E-state index contributed by atoms with van der Waals surface area (Å²) in [5, 5.41) is 0. The second kappa shape index (κ2) is 23.7. The number of allylic oxidation sites excluding steroid dienone is 24. The molecule has 0 unspecified atom stereocenters. The zero-order valence-electron chi connectivity index (χ0n) is 27.5. The highest BCUT2D eigenvalue weighted by atomic mass is 14.0. The van der Waals surface area contributed by atoms with E-state index in [1.54, 1.807) is 0 Å². The van der Waals surface area contributed by atoms with Gasteiger partial charge in [-0.2, -0.15) is 0 Å². The highest BCUT2D eigenvalue weighted by Crippen LogP contribution is 2.12. The second-order valence-corrected chi connectivity index (χ2v) is 11.4. The first-order chi connectivity index (χ1) is 19.0. The van der Waals surface area contributed by atoms with E-state index in [2.05, 4.69) is 166 Å². The van der Waals surface area contributed by atoms with E-state index in [0.717, 1.165) is 32.1 Å². The van der Waals surface area contributed by atoms with Crippen molar-refractivity contribution in [2.75, 3.05) is 0 Å². The first kappa shape index (κ1) is 36.9. The molecular weight excluding hydrogens is 480 g/mol. The van der Waals surface area contributed by atoms with Crippen molar-refractivity contribution in [2.24, 2.45) is 0 Å². The molecule has 0 bridgehead atoms. The fraction of sp³-hybridized carbons (Fsp3) is 0.400. The molecule has 0 spiro atoms. The minimum absolute atomic E-state index is 1.11. The summed E-state index contributed by atoms with van der Waals surface area (Å²) in [5.41, 5.74) is 10.8. The van der Waals surface area contributed by atoms with Gasteiger partial charge in [0.25, 0.3) is 0 Å². The first-order valence-corrected chi connectivity index (χ1v) is 15.0. The quantitative estimate of drug-likeness (QED) is 0.128. The zero-order chi connectivity index (χ0) is 30.2. The van der Waals surface area contributed by atoms with Crippen molar-refractivity contribution in [1.29, 1.82) is 0 Å². The molecule has 0 aliphatic heterocycles. The van der Waals surface area contributed by atoms with Gasteiger partial charge >= 0.3 is 0 Å². The van der Waals surface area contributed by atoms with Gasteiger partial charge in [0.2, 0.25) is 0 Å². The molecular formula is C40H58. The first-order valence-electron chi connectivity index (χ1n) is 15.0. The van der Waals surface area contributed by atoms with Gasteiger partial charge in [-0.25, -0.2) is 0 Å². The summed E-state index contributed by atoms with van der Waals surface area (Å²) in [6, 6.07) is 0. The van der Waals surface area contributed by atoms with Crippen molar-refractivity contribution in [3.63, 3.8) is 0 Å². The fourth-order valence-electron chi connectivity index (χ4n) is 3.65. The van der Waals surface area contributed by atoms with Gasteiger partial charge in [-0.3, -0.25) is 0 Å². The highest BCUT2D eigenvalue weighted by molar-refractivity contribution is 5.31. The van der Waals surface area contributed by atoms with E-state index in [9.17, 15) is 0 Å². The summed E-state index contributed by atoms with van der Waals surface area (Å²) in [6.07, 6.45) is 41.8. The van der Waals surface area contributed by atoms with Crippen LogP contribution >= 0.6 is 0 Å². The van der Waals surface area contributed by atoms with Gasteiger partial charge in [0.05, 0.1) is 0 Å². The monoisotopic (exact) mass is 538 g/mol. The molecule has 0 heterocycles. The van der Waals surface area contributed by atoms with Crippen molar-refractivity contribution < 1.29 is 0 Å². The number of rotatable bonds is 17. The normalized spacial score (nSPS) is 14.8. The lowest BCUT2D eigenvalue weighted by Gasteiger charge is -2.00. The maximum absolute atomic E-state index is 2.39. The summed E-state index contributed by atoms with van der Waals surface area (Å²) in [4.78, 5) is 0. The minimum atomic E-state index is 1.11. The Morgan fingerprint density at radius 3 is 1.07 bits per heavy atom. The number of hydrogen-bond acceptors (Lipinski definition) is 0. The average molecular weight is 539 g/mol. The van der Waals surface area contributed by atoms with E-state index in [1.807, 2.05) is 0 Å². The van der Waals surface area contributed by atoms with E-state index in [-0.39, 0.29) is 0 Å². The zero-order valence-corrected chi connectivity index (χ0v) is 27.5. The minimum Gasteiger partial charge on any atom is -0.0856 e. The van der Waals surface area contributed by atoms with Crippen LogP contribution in [0.3, 0.4) is 0 Å². The molecule has 0 radical (unpaired) electrons. The Labute approximate surface area is 249 Å². The SMILES string of the molecule is CC(C)=CCC/C(C)=C/C=C/C(C)=C/C=C/C(C)=C\C=C\C=C(C)\C=C\C=C(/C)CC/C=C(\C)CCC=C(C)C. The van der Waals surface area contributed by atoms with E-state index < -0.39 is 0 Å². The lowest BCUT2D eigenvalue weighted by Crippen LogP contribution is -1.80. The van der Waals surface area contributed by atoms with E-state index in [0.29, 0.717) is 0 Å². The maximum atomic E-state index is 2.39. The summed E-state index contributed by atoms with van der Waals surface area (Å²) >= 11 is 0. The average Bonchev–Trinajstić information content (AvgIpc) is 2.86. The van der Waals surface area contributed by atoms with Crippen LogP contribution in [0.1, 0.15) is 108 Å². The highest BCUT2D eigenvalue weighted by Gasteiger charge is 1.91. The van der Waals surface area contributed by atoms with Crippen LogP contribution < -0.4 is 0 Å². The van der Waals surface area contributed by atoms with Crippen LogP contribution in [-0.4, -0.2) is 0 Å². The Bertz CT molecular complexity index is 1100. The topological polar surface area (TPSA) is 0 Å². The summed E-state index contributed by atoms with van der Waals surface area (Å²) < 4.78 is 0. The van der Waals surface area contributed by atoms with E-state index in [1.165, 1.54) is 51.0 Å². The molecule has 0 rings (SSSR count). The molecule has 218 valence electrons. The van der Waals surface area contributed by atoms with Gasteiger partial charge in [0.15, 0.2) is 0 Å². The predicted octanol–water partition coefficient (Wildman–Crippen LogP) is 13.2. The lowest BCUT2D eigenvalue weighted by atomic mass is 10.1. The smallest absolute Gasteiger partial charge is 0.0285 e.